The Hall–Kier alpha value is -3.06. The molecule has 0 aliphatic carbocycles. The Labute approximate surface area is 168 Å². The van der Waals surface area contributed by atoms with Gasteiger partial charge in [0.1, 0.15) is 0 Å². The van der Waals surface area contributed by atoms with E-state index in [2.05, 4.69) is 19.9 Å². The van der Waals surface area contributed by atoms with E-state index in [0.29, 0.717) is 29.1 Å². The first-order valence-electron chi connectivity index (χ1n) is 8.83. The lowest BCUT2D eigenvalue weighted by molar-refractivity contribution is 0.353. The number of hydrogen-bond donors (Lipinski definition) is 1. The number of ether oxygens (including phenoxy) is 2. The molecule has 0 spiro atoms. The molecule has 1 aromatic heterocycles. The summed E-state index contributed by atoms with van der Waals surface area (Å²) in [6, 6.07) is 11.4. The zero-order valence-corrected chi connectivity index (χ0v) is 16.4. The van der Waals surface area contributed by atoms with Gasteiger partial charge in [0.25, 0.3) is 0 Å². The lowest BCUT2D eigenvalue weighted by Gasteiger charge is -2.29. The summed E-state index contributed by atoms with van der Waals surface area (Å²) in [5, 5.41) is 0.656. The van der Waals surface area contributed by atoms with E-state index in [1.54, 1.807) is 26.4 Å². The highest BCUT2D eigenvalue weighted by atomic mass is 35.5. The maximum atomic E-state index is 5.97. The van der Waals surface area contributed by atoms with Gasteiger partial charge >= 0.3 is 0 Å². The SMILES string of the molecule is COc1cc2c(cc1OC)CN(c1nc(N)nc(-c3ccc(Cl)cc3)n1)CC2. The molecule has 0 radical (unpaired) electrons. The third-order valence-electron chi connectivity index (χ3n) is 4.74. The van der Waals surface area contributed by atoms with E-state index in [1.807, 2.05) is 24.3 Å². The Morgan fingerprint density at radius 2 is 1.64 bits per heavy atom. The summed E-state index contributed by atoms with van der Waals surface area (Å²) in [7, 11) is 3.28. The van der Waals surface area contributed by atoms with E-state index in [4.69, 9.17) is 26.8 Å². The molecule has 0 bridgehead atoms. The van der Waals surface area contributed by atoms with Crippen LogP contribution in [-0.4, -0.2) is 35.7 Å². The molecule has 2 N–H and O–H groups in total. The van der Waals surface area contributed by atoms with Crippen LogP contribution in [0.15, 0.2) is 36.4 Å². The van der Waals surface area contributed by atoms with E-state index in [0.717, 1.165) is 29.8 Å². The number of fused-ring (bicyclic) bond motifs is 1. The normalized spacial score (nSPS) is 13.2. The Bertz CT molecular complexity index is 1010. The highest BCUT2D eigenvalue weighted by molar-refractivity contribution is 6.30. The molecule has 2 heterocycles. The minimum Gasteiger partial charge on any atom is -0.493 e. The predicted molar refractivity (Wildman–Crippen MR) is 109 cm³/mol. The van der Waals surface area contributed by atoms with Crippen LogP contribution in [0.4, 0.5) is 11.9 Å². The van der Waals surface area contributed by atoms with Gasteiger partial charge in [0.15, 0.2) is 17.3 Å². The van der Waals surface area contributed by atoms with Gasteiger partial charge in [0.05, 0.1) is 14.2 Å². The van der Waals surface area contributed by atoms with Crippen LogP contribution < -0.4 is 20.1 Å². The summed E-state index contributed by atoms with van der Waals surface area (Å²) in [6.45, 7) is 1.42. The van der Waals surface area contributed by atoms with Crippen molar-refractivity contribution in [3.63, 3.8) is 0 Å². The number of nitrogen functional groups attached to an aromatic ring is 1. The Morgan fingerprint density at radius 3 is 2.32 bits per heavy atom. The van der Waals surface area contributed by atoms with E-state index in [1.165, 1.54) is 5.56 Å². The fourth-order valence-electron chi connectivity index (χ4n) is 3.30. The van der Waals surface area contributed by atoms with Crippen LogP contribution in [0.25, 0.3) is 11.4 Å². The Morgan fingerprint density at radius 1 is 0.964 bits per heavy atom. The molecule has 28 heavy (non-hydrogen) atoms. The van der Waals surface area contributed by atoms with Crippen molar-refractivity contribution in [3.8, 4) is 22.9 Å². The van der Waals surface area contributed by atoms with Gasteiger partial charge in [-0.15, -0.1) is 0 Å². The van der Waals surface area contributed by atoms with Crippen LogP contribution in [0, 0.1) is 0 Å². The van der Waals surface area contributed by atoms with Crippen molar-refractivity contribution in [2.24, 2.45) is 0 Å². The Kier molecular flexibility index (Phi) is 4.92. The summed E-state index contributed by atoms with van der Waals surface area (Å²) in [6.07, 6.45) is 0.845. The first-order chi connectivity index (χ1) is 13.6. The van der Waals surface area contributed by atoms with Crippen molar-refractivity contribution >= 4 is 23.5 Å². The highest BCUT2D eigenvalue weighted by Gasteiger charge is 2.22. The van der Waals surface area contributed by atoms with Gasteiger partial charge in [-0.1, -0.05) is 11.6 Å². The van der Waals surface area contributed by atoms with E-state index < -0.39 is 0 Å². The number of benzene rings is 2. The third-order valence-corrected chi connectivity index (χ3v) is 5.00. The first-order valence-corrected chi connectivity index (χ1v) is 9.21. The number of rotatable bonds is 4. The lowest BCUT2D eigenvalue weighted by Crippen LogP contribution is -2.32. The smallest absolute Gasteiger partial charge is 0.231 e. The van der Waals surface area contributed by atoms with Crippen molar-refractivity contribution in [2.75, 3.05) is 31.4 Å². The van der Waals surface area contributed by atoms with E-state index in [-0.39, 0.29) is 5.95 Å². The number of hydrogen-bond acceptors (Lipinski definition) is 7. The molecular formula is C20H20ClN5O2. The third kappa shape index (κ3) is 3.53. The predicted octanol–water partition coefficient (Wildman–Crippen LogP) is 3.35. The lowest BCUT2D eigenvalue weighted by atomic mass is 9.99. The second-order valence-electron chi connectivity index (χ2n) is 6.47. The standard InChI is InChI=1S/C20H20ClN5O2/c1-27-16-9-13-7-8-26(11-14(13)10-17(16)28-2)20-24-18(23-19(22)25-20)12-3-5-15(21)6-4-12/h3-6,9-10H,7-8,11H2,1-2H3,(H2,22,23,24,25). The van der Waals surface area contributed by atoms with Gasteiger partial charge in [-0.3, -0.25) is 0 Å². The molecule has 0 unspecified atom stereocenters. The zero-order chi connectivity index (χ0) is 19.7. The van der Waals surface area contributed by atoms with Crippen LogP contribution in [0.2, 0.25) is 5.02 Å². The quantitative estimate of drug-likeness (QED) is 0.722. The molecule has 4 rings (SSSR count). The molecule has 8 heteroatoms. The largest absolute Gasteiger partial charge is 0.493 e. The topological polar surface area (TPSA) is 86.4 Å². The van der Waals surface area contributed by atoms with Gasteiger partial charge in [0, 0.05) is 23.7 Å². The first kappa shape index (κ1) is 18.3. The number of halogens is 1. The number of nitrogens with zero attached hydrogens (tertiary/aromatic N) is 4. The summed E-state index contributed by atoms with van der Waals surface area (Å²) in [5.41, 5.74) is 9.18. The van der Waals surface area contributed by atoms with Crippen LogP contribution in [0.3, 0.4) is 0 Å². The van der Waals surface area contributed by atoms with Crippen molar-refractivity contribution in [3.05, 3.63) is 52.5 Å². The average molecular weight is 398 g/mol. The molecule has 2 aromatic carbocycles. The van der Waals surface area contributed by atoms with Crippen molar-refractivity contribution < 1.29 is 9.47 Å². The van der Waals surface area contributed by atoms with Gasteiger partial charge in [-0.2, -0.15) is 15.0 Å². The maximum Gasteiger partial charge on any atom is 0.231 e. The van der Waals surface area contributed by atoms with Crippen LogP contribution >= 0.6 is 11.6 Å². The molecule has 144 valence electrons. The minimum absolute atomic E-state index is 0.188. The molecule has 0 saturated heterocycles. The average Bonchev–Trinajstić information content (AvgIpc) is 2.72. The van der Waals surface area contributed by atoms with E-state index in [9.17, 15) is 0 Å². The maximum absolute atomic E-state index is 5.97. The number of anilines is 2. The molecular weight excluding hydrogens is 378 g/mol. The molecule has 3 aromatic rings. The monoisotopic (exact) mass is 397 g/mol. The molecule has 1 aliphatic rings. The number of aromatic nitrogens is 3. The van der Waals surface area contributed by atoms with Crippen LogP contribution in [-0.2, 0) is 13.0 Å². The number of nitrogens with two attached hydrogens (primary N) is 1. The summed E-state index contributed by atoms with van der Waals surface area (Å²) in [5.74, 6) is 2.72. The number of methoxy groups -OCH3 is 2. The fourth-order valence-corrected chi connectivity index (χ4v) is 3.43. The molecule has 0 amide bonds. The van der Waals surface area contributed by atoms with Gasteiger partial charge in [-0.25, -0.2) is 0 Å². The van der Waals surface area contributed by atoms with Crippen LogP contribution in [0.1, 0.15) is 11.1 Å². The highest BCUT2D eigenvalue weighted by Crippen LogP contribution is 2.34. The molecule has 1 aliphatic heterocycles. The molecule has 0 fully saturated rings. The second-order valence-corrected chi connectivity index (χ2v) is 6.91. The van der Waals surface area contributed by atoms with E-state index >= 15 is 0 Å². The van der Waals surface area contributed by atoms with Gasteiger partial charge in [-0.05, 0) is 53.9 Å². The van der Waals surface area contributed by atoms with Crippen molar-refractivity contribution in [1.29, 1.82) is 0 Å². The molecule has 7 nitrogen and oxygen atoms in total. The Balaban J connectivity index is 1.66. The van der Waals surface area contributed by atoms with Crippen LogP contribution in [0.5, 0.6) is 11.5 Å². The van der Waals surface area contributed by atoms with Gasteiger partial charge < -0.3 is 20.1 Å². The van der Waals surface area contributed by atoms with Crippen molar-refractivity contribution in [1.82, 2.24) is 15.0 Å². The summed E-state index contributed by atoms with van der Waals surface area (Å²) < 4.78 is 10.8. The molecule has 0 atom stereocenters. The minimum atomic E-state index is 0.188. The van der Waals surface area contributed by atoms with Gasteiger partial charge in [0.2, 0.25) is 11.9 Å². The zero-order valence-electron chi connectivity index (χ0n) is 15.6. The molecule has 0 saturated carbocycles. The van der Waals surface area contributed by atoms with Crippen molar-refractivity contribution in [2.45, 2.75) is 13.0 Å². The fraction of sp³-hybridized carbons (Fsp3) is 0.250. The summed E-state index contributed by atoms with van der Waals surface area (Å²) >= 11 is 5.97. The summed E-state index contributed by atoms with van der Waals surface area (Å²) in [4.78, 5) is 15.3. The second kappa shape index (κ2) is 7.52.